The van der Waals surface area contributed by atoms with Crippen LogP contribution in [0.3, 0.4) is 0 Å². The smallest absolute Gasteiger partial charge is 0.274 e. The van der Waals surface area contributed by atoms with Crippen molar-refractivity contribution in [3.63, 3.8) is 0 Å². The van der Waals surface area contributed by atoms with Crippen LogP contribution in [0.2, 0.25) is 5.02 Å². The molecule has 1 aliphatic heterocycles. The highest BCUT2D eigenvalue weighted by Gasteiger charge is 2.17. The zero-order valence-corrected chi connectivity index (χ0v) is 15.7. The summed E-state index contributed by atoms with van der Waals surface area (Å²) in [6, 6.07) is 7.59. The molecule has 0 radical (unpaired) electrons. The first-order valence-corrected chi connectivity index (χ1v) is 9.11. The molecular formula is C20H24ClN3O. The molecule has 0 aliphatic carbocycles. The van der Waals surface area contributed by atoms with Gasteiger partial charge in [-0.2, -0.15) is 0 Å². The van der Waals surface area contributed by atoms with Crippen molar-refractivity contribution in [1.29, 1.82) is 0 Å². The van der Waals surface area contributed by atoms with Crippen molar-refractivity contribution in [3.05, 3.63) is 52.3 Å². The Bertz CT molecular complexity index is 742. The van der Waals surface area contributed by atoms with E-state index in [1.807, 2.05) is 32.0 Å². The van der Waals surface area contributed by atoms with Crippen molar-refractivity contribution in [2.75, 3.05) is 23.3 Å². The molecule has 1 aromatic heterocycles. The van der Waals surface area contributed by atoms with E-state index in [-0.39, 0.29) is 5.91 Å². The highest BCUT2D eigenvalue weighted by Crippen LogP contribution is 2.28. The summed E-state index contributed by atoms with van der Waals surface area (Å²) >= 11 is 6.26. The average Bonchev–Trinajstić information content (AvgIpc) is 2.59. The first kappa shape index (κ1) is 17.7. The molecule has 0 unspecified atom stereocenters. The molecule has 5 heteroatoms. The molecular weight excluding hydrogens is 334 g/mol. The van der Waals surface area contributed by atoms with E-state index in [0.29, 0.717) is 16.4 Å². The van der Waals surface area contributed by atoms with E-state index < -0.39 is 0 Å². The fraction of sp³-hybridized carbons (Fsp3) is 0.400. The molecule has 3 rings (SSSR count). The van der Waals surface area contributed by atoms with Gasteiger partial charge < -0.3 is 10.2 Å². The molecule has 0 spiro atoms. The van der Waals surface area contributed by atoms with Crippen LogP contribution in [0.4, 0.5) is 11.4 Å². The van der Waals surface area contributed by atoms with Crippen molar-refractivity contribution in [1.82, 2.24) is 4.98 Å². The standard InChI is InChI=1S/C20H24ClN3O/c1-13-6-8-24(9-7-13)16-4-5-18(22-12-16)20(25)23-19-15(3)10-14(2)11-17(19)21/h4-5,10-13H,6-9H2,1-3H3,(H,23,25). The van der Waals surface area contributed by atoms with Crippen LogP contribution in [-0.2, 0) is 0 Å². The molecule has 4 nitrogen and oxygen atoms in total. The van der Waals surface area contributed by atoms with Gasteiger partial charge in [0.05, 0.1) is 22.6 Å². The molecule has 2 heterocycles. The van der Waals surface area contributed by atoms with Gasteiger partial charge in [-0.1, -0.05) is 24.6 Å². The molecule has 25 heavy (non-hydrogen) atoms. The van der Waals surface area contributed by atoms with E-state index in [1.54, 1.807) is 12.3 Å². The number of benzene rings is 1. The molecule has 0 saturated carbocycles. The number of amides is 1. The fourth-order valence-electron chi connectivity index (χ4n) is 3.23. The quantitative estimate of drug-likeness (QED) is 0.854. The Labute approximate surface area is 154 Å². The second-order valence-electron chi connectivity index (χ2n) is 6.96. The summed E-state index contributed by atoms with van der Waals surface area (Å²) in [5.41, 5.74) is 4.13. The third kappa shape index (κ3) is 4.13. The molecule has 1 aliphatic rings. The van der Waals surface area contributed by atoms with Gasteiger partial charge >= 0.3 is 0 Å². The van der Waals surface area contributed by atoms with Crippen molar-refractivity contribution in [3.8, 4) is 0 Å². The van der Waals surface area contributed by atoms with E-state index in [1.165, 1.54) is 12.8 Å². The third-order valence-electron chi connectivity index (χ3n) is 4.80. The molecule has 0 atom stereocenters. The Morgan fingerprint density at radius 3 is 2.56 bits per heavy atom. The predicted octanol–water partition coefficient (Wildman–Crippen LogP) is 4.84. The monoisotopic (exact) mass is 357 g/mol. The van der Waals surface area contributed by atoms with Crippen molar-refractivity contribution in [2.24, 2.45) is 5.92 Å². The largest absolute Gasteiger partial charge is 0.370 e. The minimum atomic E-state index is -0.243. The van der Waals surface area contributed by atoms with Gasteiger partial charge in [-0.3, -0.25) is 4.79 Å². The van der Waals surface area contributed by atoms with E-state index in [2.05, 4.69) is 22.1 Å². The maximum absolute atomic E-state index is 12.5. The Balaban J connectivity index is 1.71. The van der Waals surface area contributed by atoms with Crippen LogP contribution >= 0.6 is 11.6 Å². The lowest BCUT2D eigenvalue weighted by Gasteiger charge is -2.31. The number of pyridine rings is 1. The van der Waals surface area contributed by atoms with Crippen LogP contribution < -0.4 is 10.2 Å². The van der Waals surface area contributed by atoms with Crippen LogP contribution in [-0.4, -0.2) is 24.0 Å². The second kappa shape index (κ2) is 7.44. The zero-order chi connectivity index (χ0) is 18.0. The third-order valence-corrected chi connectivity index (χ3v) is 5.10. The Morgan fingerprint density at radius 2 is 1.96 bits per heavy atom. The molecule has 1 N–H and O–H groups in total. The number of piperidine rings is 1. The first-order valence-electron chi connectivity index (χ1n) is 8.73. The lowest BCUT2D eigenvalue weighted by molar-refractivity contribution is 0.102. The van der Waals surface area contributed by atoms with E-state index >= 15 is 0 Å². The topological polar surface area (TPSA) is 45.2 Å². The van der Waals surface area contributed by atoms with Gasteiger partial charge in [0.25, 0.3) is 5.91 Å². The van der Waals surface area contributed by atoms with Crippen LogP contribution in [0.15, 0.2) is 30.5 Å². The Kier molecular flexibility index (Phi) is 5.28. The minimum absolute atomic E-state index is 0.243. The Hall–Kier alpha value is -2.07. The molecule has 1 amide bonds. The number of hydrogen-bond donors (Lipinski definition) is 1. The number of hydrogen-bond acceptors (Lipinski definition) is 3. The number of halogens is 1. The van der Waals surface area contributed by atoms with E-state index in [0.717, 1.165) is 35.8 Å². The normalized spacial score (nSPS) is 15.3. The summed E-state index contributed by atoms with van der Waals surface area (Å²) in [6.45, 7) is 8.30. The average molecular weight is 358 g/mol. The number of nitrogens with zero attached hydrogens (tertiary/aromatic N) is 2. The van der Waals surface area contributed by atoms with Crippen molar-refractivity contribution in [2.45, 2.75) is 33.6 Å². The second-order valence-corrected chi connectivity index (χ2v) is 7.37. The number of aromatic nitrogens is 1. The van der Waals surface area contributed by atoms with Gasteiger partial charge in [0.1, 0.15) is 5.69 Å². The summed E-state index contributed by atoms with van der Waals surface area (Å²) in [7, 11) is 0. The SMILES string of the molecule is Cc1cc(C)c(NC(=O)c2ccc(N3CCC(C)CC3)cn2)c(Cl)c1. The van der Waals surface area contributed by atoms with Crippen LogP contribution in [0.5, 0.6) is 0 Å². The maximum Gasteiger partial charge on any atom is 0.274 e. The van der Waals surface area contributed by atoms with Gasteiger partial charge in [0.15, 0.2) is 0 Å². The Morgan fingerprint density at radius 1 is 1.24 bits per heavy atom. The van der Waals surface area contributed by atoms with Gasteiger partial charge in [0.2, 0.25) is 0 Å². The van der Waals surface area contributed by atoms with E-state index in [9.17, 15) is 4.79 Å². The molecule has 1 saturated heterocycles. The van der Waals surface area contributed by atoms with Gasteiger partial charge in [-0.15, -0.1) is 0 Å². The highest BCUT2D eigenvalue weighted by molar-refractivity contribution is 6.34. The summed E-state index contributed by atoms with van der Waals surface area (Å²) < 4.78 is 0. The first-order chi connectivity index (χ1) is 11.9. The molecule has 132 valence electrons. The van der Waals surface area contributed by atoms with Crippen molar-refractivity contribution >= 4 is 28.9 Å². The summed E-state index contributed by atoms with van der Waals surface area (Å²) in [5, 5.41) is 3.43. The summed E-state index contributed by atoms with van der Waals surface area (Å²) in [4.78, 5) is 19.2. The maximum atomic E-state index is 12.5. The predicted molar refractivity (Wildman–Crippen MR) is 104 cm³/mol. The lowest BCUT2D eigenvalue weighted by Crippen LogP contribution is -2.32. The molecule has 0 bridgehead atoms. The number of nitrogens with one attached hydrogen (secondary N) is 1. The zero-order valence-electron chi connectivity index (χ0n) is 15.0. The molecule has 1 fully saturated rings. The fourth-order valence-corrected chi connectivity index (χ4v) is 3.59. The minimum Gasteiger partial charge on any atom is -0.370 e. The molecule has 1 aromatic carbocycles. The van der Waals surface area contributed by atoms with Crippen molar-refractivity contribution < 1.29 is 4.79 Å². The van der Waals surface area contributed by atoms with Gasteiger partial charge in [-0.25, -0.2) is 4.98 Å². The van der Waals surface area contributed by atoms with Crippen LogP contribution in [0.25, 0.3) is 0 Å². The summed E-state index contributed by atoms with van der Waals surface area (Å²) in [6.07, 6.45) is 4.19. The number of rotatable bonds is 3. The van der Waals surface area contributed by atoms with E-state index in [4.69, 9.17) is 11.6 Å². The lowest BCUT2D eigenvalue weighted by atomic mass is 9.99. The number of aryl methyl sites for hydroxylation is 2. The molecule has 2 aromatic rings. The number of carbonyl (C=O) groups excluding carboxylic acids is 1. The van der Waals surface area contributed by atoms with Gasteiger partial charge in [0, 0.05) is 13.1 Å². The number of carbonyl (C=O) groups is 1. The highest BCUT2D eigenvalue weighted by atomic mass is 35.5. The number of anilines is 2. The summed E-state index contributed by atoms with van der Waals surface area (Å²) in [5.74, 6) is 0.546. The van der Waals surface area contributed by atoms with Crippen LogP contribution in [0, 0.1) is 19.8 Å². The van der Waals surface area contributed by atoms with Crippen LogP contribution in [0.1, 0.15) is 41.4 Å². The van der Waals surface area contributed by atoms with Gasteiger partial charge in [-0.05, 0) is 61.9 Å².